The molecule has 1 amide bonds. The molecular formula is C24H29FN4O3S. The number of methoxy groups -OCH3 is 1. The molecule has 3 aliphatic heterocycles. The van der Waals surface area contributed by atoms with Gasteiger partial charge in [-0.15, -0.1) is 0 Å². The molecule has 9 heteroatoms. The van der Waals surface area contributed by atoms with Gasteiger partial charge in [0.1, 0.15) is 5.82 Å². The number of amidine groups is 1. The van der Waals surface area contributed by atoms with Gasteiger partial charge in [0.05, 0.1) is 30.8 Å². The lowest BCUT2D eigenvalue weighted by atomic mass is 9.93. The molecule has 176 valence electrons. The van der Waals surface area contributed by atoms with Crippen LogP contribution in [0.15, 0.2) is 51.6 Å². The van der Waals surface area contributed by atoms with Crippen LogP contribution in [0.1, 0.15) is 37.8 Å². The van der Waals surface area contributed by atoms with Crippen LogP contribution in [0.25, 0.3) is 0 Å². The van der Waals surface area contributed by atoms with Crippen molar-refractivity contribution in [1.29, 1.82) is 0 Å². The Hall–Kier alpha value is -2.65. The van der Waals surface area contributed by atoms with E-state index in [0.29, 0.717) is 22.0 Å². The normalized spacial score (nSPS) is 21.5. The summed E-state index contributed by atoms with van der Waals surface area (Å²) >= 11 is 1.41. The van der Waals surface area contributed by atoms with Crippen LogP contribution in [-0.2, 0) is 14.3 Å². The lowest BCUT2D eigenvalue weighted by molar-refractivity contribution is -0.136. The number of carbonyl (C=O) groups excluding carboxylic acids is 2. The third-order valence-corrected chi connectivity index (χ3v) is 7.42. The molecule has 0 N–H and O–H groups in total. The number of hydrogen-bond donors (Lipinski definition) is 0. The number of amides is 1. The average molecular weight is 473 g/mol. The second kappa shape index (κ2) is 9.69. The third-order valence-electron chi connectivity index (χ3n) is 6.53. The monoisotopic (exact) mass is 472 g/mol. The molecule has 0 bridgehead atoms. The van der Waals surface area contributed by atoms with Crippen LogP contribution in [0.3, 0.4) is 0 Å². The summed E-state index contributed by atoms with van der Waals surface area (Å²) in [4.78, 5) is 36.5. The smallest absolute Gasteiger partial charge is 0.338 e. The summed E-state index contributed by atoms with van der Waals surface area (Å²) in [6.45, 7) is 3.69. The van der Waals surface area contributed by atoms with Crippen LogP contribution in [0.2, 0.25) is 0 Å². The zero-order chi connectivity index (χ0) is 23.7. The number of likely N-dealkylation sites (tertiary alicyclic amines) is 1. The number of nitrogens with zero attached hydrogens (tertiary/aromatic N) is 4. The first-order chi connectivity index (χ1) is 15.8. The predicted octanol–water partition coefficient (Wildman–Crippen LogP) is 3.52. The Morgan fingerprint density at radius 2 is 2.03 bits per heavy atom. The highest BCUT2D eigenvalue weighted by molar-refractivity contribution is 8.16. The quantitative estimate of drug-likeness (QED) is 0.611. The molecule has 3 heterocycles. The molecule has 1 atom stereocenters. The van der Waals surface area contributed by atoms with E-state index < -0.39 is 17.8 Å². The average Bonchev–Trinajstić information content (AvgIpc) is 3.19. The first-order valence-electron chi connectivity index (χ1n) is 11.0. The number of thioether (sulfide) groups is 1. The van der Waals surface area contributed by atoms with E-state index in [1.165, 1.54) is 31.0 Å². The lowest BCUT2D eigenvalue weighted by Gasteiger charge is -2.38. The van der Waals surface area contributed by atoms with E-state index in [9.17, 15) is 14.0 Å². The SMILES string of the molecule is COC(=O)C1=C(C)N=C2SC=C(CC(=O)N(C)C3CCN(C)CC3)N2C1c1cccc(F)c1. The van der Waals surface area contributed by atoms with Crippen LogP contribution in [0.4, 0.5) is 4.39 Å². The maximum Gasteiger partial charge on any atom is 0.338 e. The van der Waals surface area contributed by atoms with E-state index in [1.54, 1.807) is 19.1 Å². The molecule has 1 fully saturated rings. The summed E-state index contributed by atoms with van der Waals surface area (Å²) in [5.74, 6) is -0.897. The summed E-state index contributed by atoms with van der Waals surface area (Å²) < 4.78 is 19.2. The van der Waals surface area contributed by atoms with Gasteiger partial charge in [0.25, 0.3) is 0 Å². The van der Waals surface area contributed by atoms with Crippen molar-refractivity contribution in [2.75, 3.05) is 34.3 Å². The van der Waals surface area contributed by atoms with Gasteiger partial charge >= 0.3 is 5.97 Å². The van der Waals surface area contributed by atoms with E-state index in [2.05, 4.69) is 16.9 Å². The number of halogens is 1. The Labute approximate surface area is 198 Å². The molecule has 0 saturated carbocycles. The Balaban J connectivity index is 1.62. The van der Waals surface area contributed by atoms with Gasteiger partial charge in [0.2, 0.25) is 5.91 Å². The first kappa shape index (κ1) is 23.5. The maximum absolute atomic E-state index is 14.2. The molecule has 0 spiro atoms. The molecule has 7 nitrogen and oxygen atoms in total. The summed E-state index contributed by atoms with van der Waals surface area (Å²) in [5.41, 5.74) is 2.22. The minimum Gasteiger partial charge on any atom is -0.466 e. The Kier molecular flexibility index (Phi) is 6.90. The standard InChI is InChI=1S/C24H29FN4O3S/c1-15-21(23(31)32-4)22(16-6-5-7-17(25)12-16)29-19(14-33-24(29)26-15)13-20(30)28(3)18-8-10-27(2)11-9-18/h5-7,12,14,18,22H,8-11,13H2,1-4H3. The lowest BCUT2D eigenvalue weighted by Crippen LogP contribution is -2.45. The maximum atomic E-state index is 14.2. The van der Waals surface area contributed by atoms with Gasteiger partial charge in [-0.3, -0.25) is 4.79 Å². The van der Waals surface area contributed by atoms with Crippen LogP contribution < -0.4 is 0 Å². The summed E-state index contributed by atoms with van der Waals surface area (Å²) in [6, 6.07) is 5.77. The van der Waals surface area contributed by atoms with Gasteiger partial charge in [-0.05, 0) is 63.0 Å². The zero-order valence-corrected chi connectivity index (χ0v) is 20.2. The minimum atomic E-state index is -0.622. The van der Waals surface area contributed by atoms with Crippen LogP contribution >= 0.6 is 11.8 Å². The van der Waals surface area contributed by atoms with Crippen molar-refractivity contribution in [3.63, 3.8) is 0 Å². The van der Waals surface area contributed by atoms with Crippen molar-refractivity contribution in [1.82, 2.24) is 14.7 Å². The van der Waals surface area contributed by atoms with Gasteiger partial charge < -0.3 is 19.4 Å². The van der Waals surface area contributed by atoms with Gasteiger partial charge in [0.15, 0.2) is 5.17 Å². The van der Waals surface area contributed by atoms with E-state index in [-0.39, 0.29) is 18.4 Å². The van der Waals surface area contributed by atoms with Gasteiger partial charge in [-0.1, -0.05) is 23.9 Å². The van der Waals surface area contributed by atoms with Crippen LogP contribution in [-0.4, -0.2) is 72.1 Å². The summed E-state index contributed by atoms with van der Waals surface area (Å²) in [7, 11) is 5.27. The number of fused-ring (bicyclic) bond motifs is 1. The number of carbonyl (C=O) groups is 2. The van der Waals surface area contributed by atoms with E-state index >= 15 is 0 Å². The van der Waals surface area contributed by atoms with Crippen molar-refractivity contribution >= 4 is 28.8 Å². The van der Waals surface area contributed by atoms with Crippen molar-refractivity contribution < 1.29 is 18.7 Å². The zero-order valence-electron chi connectivity index (χ0n) is 19.4. The van der Waals surface area contributed by atoms with Crippen molar-refractivity contribution in [2.45, 2.75) is 38.3 Å². The molecule has 0 radical (unpaired) electrons. The molecule has 1 aromatic rings. The Morgan fingerprint density at radius 1 is 1.30 bits per heavy atom. The third kappa shape index (κ3) is 4.70. The van der Waals surface area contributed by atoms with E-state index in [1.807, 2.05) is 22.3 Å². The topological polar surface area (TPSA) is 65.5 Å². The highest BCUT2D eigenvalue weighted by Crippen LogP contribution is 2.45. The number of allylic oxidation sites excluding steroid dienone is 1. The minimum absolute atomic E-state index is 0.0153. The van der Waals surface area contributed by atoms with Crippen molar-refractivity contribution in [3.8, 4) is 0 Å². The van der Waals surface area contributed by atoms with Crippen molar-refractivity contribution in [2.24, 2.45) is 4.99 Å². The number of ether oxygens (including phenoxy) is 1. The van der Waals surface area contributed by atoms with E-state index in [0.717, 1.165) is 31.6 Å². The molecule has 0 aliphatic carbocycles. The number of rotatable bonds is 5. The highest BCUT2D eigenvalue weighted by Gasteiger charge is 2.41. The van der Waals surface area contributed by atoms with Crippen molar-refractivity contribution in [3.05, 3.63) is 58.0 Å². The van der Waals surface area contributed by atoms with Crippen LogP contribution in [0.5, 0.6) is 0 Å². The van der Waals surface area contributed by atoms with Gasteiger partial charge in [0, 0.05) is 18.8 Å². The largest absolute Gasteiger partial charge is 0.466 e. The molecule has 1 unspecified atom stereocenters. The fourth-order valence-corrected chi connectivity index (χ4v) is 5.56. The van der Waals surface area contributed by atoms with E-state index in [4.69, 9.17) is 4.74 Å². The number of hydrogen-bond acceptors (Lipinski definition) is 7. The highest BCUT2D eigenvalue weighted by atomic mass is 32.2. The Bertz CT molecular complexity index is 1050. The van der Waals surface area contributed by atoms with Crippen LogP contribution in [0, 0.1) is 5.82 Å². The Morgan fingerprint density at radius 3 is 2.70 bits per heavy atom. The molecule has 33 heavy (non-hydrogen) atoms. The fraction of sp³-hybridized carbons (Fsp3) is 0.458. The second-order valence-electron chi connectivity index (χ2n) is 8.66. The second-order valence-corrected chi connectivity index (χ2v) is 9.49. The molecular weight excluding hydrogens is 443 g/mol. The van der Waals surface area contributed by atoms with Gasteiger partial charge in [-0.25, -0.2) is 14.2 Å². The number of benzene rings is 1. The van der Waals surface area contributed by atoms with Gasteiger partial charge in [-0.2, -0.15) is 0 Å². The molecule has 4 rings (SSSR count). The molecule has 1 aromatic carbocycles. The fourth-order valence-electron chi connectivity index (χ4n) is 4.60. The summed E-state index contributed by atoms with van der Waals surface area (Å²) in [5, 5.41) is 2.57. The first-order valence-corrected chi connectivity index (χ1v) is 11.9. The molecule has 1 saturated heterocycles. The summed E-state index contributed by atoms with van der Waals surface area (Å²) in [6.07, 6.45) is 2.07. The number of piperidine rings is 1. The molecule has 3 aliphatic rings. The number of aliphatic imine (C=N–C) groups is 1. The number of esters is 1. The predicted molar refractivity (Wildman–Crippen MR) is 127 cm³/mol. The molecule has 0 aromatic heterocycles.